The lowest BCUT2D eigenvalue weighted by Crippen LogP contribution is -1.97. The zero-order chi connectivity index (χ0) is 21.3. The monoisotopic (exact) mass is 408 g/mol. The van der Waals surface area contributed by atoms with E-state index in [0.717, 1.165) is 0 Å². The summed E-state index contributed by atoms with van der Waals surface area (Å²) in [6.07, 6.45) is 25.0. The van der Waals surface area contributed by atoms with Crippen LogP contribution in [-0.4, -0.2) is 0 Å². The fourth-order valence-corrected chi connectivity index (χ4v) is 4.70. The molecule has 2 aromatic rings. The fourth-order valence-electron chi connectivity index (χ4n) is 4.70. The minimum absolute atomic E-state index is 1.27. The standard InChI is InChI=1S/C30H48/c1-3-5-7-9-11-13-15-17-21-27-25-29-23-19-20-24-30(29)26-28(27)22-18-16-14-12-10-8-6-4-2/h19-20,23-26H,3-18,21-22H2,1-2H3. The molecular formula is C30H48. The van der Waals surface area contributed by atoms with Gasteiger partial charge in [0.05, 0.1) is 0 Å². The summed E-state index contributed by atoms with van der Waals surface area (Å²) in [6.45, 7) is 4.60. The lowest BCUT2D eigenvalue weighted by molar-refractivity contribution is 0.571. The van der Waals surface area contributed by atoms with Gasteiger partial charge in [-0.15, -0.1) is 0 Å². The maximum absolute atomic E-state index is 2.50. The van der Waals surface area contributed by atoms with Crippen molar-refractivity contribution >= 4 is 10.8 Å². The molecule has 0 aliphatic rings. The Morgan fingerprint density at radius 1 is 0.433 bits per heavy atom. The Morgan fingerprint density at radius 3 is 1.13 bits per heavy atom. The molecule has 0 aliphatic heterocycles. The Bertz CT molecular complexity index is 610. The molecule has 0 aliphatic carbocycles. The molecule has 0 heterocycles. The predicted octanol–water partition coefficient (Wildman–Crippen LogP) is 10.2. The quantitative estimate of drug-likeness (QED) is 0.215. The molecule has 30 heavy (non-hydrogen) atoms. The molecule has 0 fully saturated rings. The van der Waals surface area contributed by atoms with Crippen LogP contribution >= 0.6 is 0 Å². The van der Waals surface area contributed by atoms with Crippen LogP contribution in [0.4, 0.5) is 0 Å². The molecule has 0 heteroatoms. The summed E-state index contributed by atoms with van der Waals surface area (Å²) in [5.74, 6) is 0. The van der Waals surface area contributed by atoms with Gasteiger partial charge in [0.25, 0.3) is 0 Å². The zero-order valence-electron chi connectivity index (χ0n) is 20.2. The van der Waals surface area contributed by atoms with Crippen molar-refractivity contribution in [2.24, 2.45) is 0 Å². The summed E-state index contributed by atoms with van der Waals surface area (Å²) in [5, 5.41) is 2.85. The van der Waals surface area contributed by atoms with Crippen LogP contribution in [-0.2, 0) is 12.8 Å². The van der Waals surface area contributed by atoms with Gasteiger partial charge in [-0.3, -0.25) is 0 Å². The molecule has 168 valence electrons. The minimum Gasteiger partial charge on any atom is -0.0654 e. The Balaban J connectivity index is 1.77. The molecule has 0 saturated heterocycles. The Morgan fingerprint density at radius 2 is 0.767 bits per heavy atom. The van der Waals surface area contributed by atoms with Gasteiger partial charge in [0.2, 0.25) is 0 Å². The number of benzene rings is 2. The third-order valence-corrected chi connectivity index (χ3v) is 6.67. The summed E-state index contributed by atoms with van der Waals surface area (Å²) in [7, 11) is 0. The third-order valence-electron chi connectivity index (χ3n) is 6.67. The van der Waals surface area contributed by atoms with Crippen molar-refractivity contribution < 1.29 is 0 Å². The molecule has 0 nitrogen and oxygen atoms in total. The molecule has 0 spiro atoms. The van der Waals surface area contributed by atoms with Gasteiger partial charge < -0.3 is 0 Å². The van der Waals surface area contributed by atoms with E-state index in [2.05, 4.69) is 50.2 Å². The Hall–Kier alpha value is -1.30. The minimum atomic E-state index is 1.27. The number of hydrogen-bond donors (Lipinski definition) is 0. The van der Waals surface area contributed by atoms with Crippen LogP contribution in [0, 0.1) is 0 Å². The molecule has 0 atom stereocenters. The van der Waals surface area contributed by atoms with E-state index in [0.29, 0.717) is 0 Å². The van der Waals surface area contributed by atoms with Crippen LogP contribution in [0.2, 0.25) is 0 Å². The van der Waals surface area contributed by atoms with E-state index in [4.69, 9.17) is 0 Å². The number of hydrogen-bond acceptors (Lipinski definition) is 0. The van der Waals surface area contributed by atoms with E-state index in [9.17, 15) is 0 Å². The van der Waals surface area contributed by atoms with Gasteiger partial charge in [0.1, 0.15) is 0 Å². The maximum atomic E-state index is 2.50. The van der Waals surface area contributed by atoms with Gasteiger partial charge in [-0.05, 0) is 47.6 Å². The first-order chi connectivity index (χ1) is 14.8. The van der Waals surface area contributed by atoms with Crippen molar-refractivity contribution in [1.82, 2.24) is 0 Å². The van der Waals surface area contributed by atoms with Gasteiger partial charge in [-0.25, -0.2) is 0 Å². The van der Waals surface area contributed by atoms with Crippen molar-refractivity contribution in [2.75, 3.05) is 0 Å². The Labute approximate surface area is 187 Å². The van der Waals surface area contributed by atoms with Gasteiger partial charge >= 0.3 is 0 Å². The van der Waals surface area contributed by atoms with Gasteiger partial charge in [-0.1, -0.05) is 140 Å². The van der Waals surface area contributed by atoms with Crippen LogP contribution in [0.3, 0.4) is 0 Å². The van der Waals surface area contributed by atoms with E-state index in [1.807, 2.05) is 0 Å². The van der Waals surface area contributed by atoms with Crippen LogP contribution in [0.15, 0.2) is 36.4 Å². The van der Waals surface area contributed by atoms with E-state index < -0.39 is 0 Å². The van der Waals surface area contributed by atoms with E-state index in [1.54, 1.807) is 11.1 Å². The molecule has 0 aromatic heterocycles. The predicted molar refractivity (Wildman–Crippen MR) is 137 cm³/mol. The highest BCUT2D eigenvalue weighted by molar-refractivity contribution is 5.84. The average molecular weight is 409 g/mol. The molecule has 0 saturated carbocycles. The lowest BCUT2D eigenvalue weighted by Gasteiger charge is -2.12. The summed E-state index contributed by atoms with van der Waals surface area (Å²) in [6, 6.07) is 13.9. The summed E-state index contributed by atoms with van der Waals surface area (Å²) in [5.41, 5.74) is 3.25. The second kappa shape index (κ2) is 16.4. The number of aryl methyl sites for hydroxylation is 2. The highest BCUT2D eigenvalue weighted by atomic mass is 14.1. The molecule has 0 N–H and O–H groups in total. The molecule has 0 amide bonds. The summed E-state index contributed by atoms with van der Waals surface area (Å²) < 4.78 is 0. The van der Waals surface area contributed by atoms with Gasteiger partial charge in [0, 0.05) is 0 Å². The van der Waals surface area contributed by atoms with Crippen LogP contribution < -0.4 is 0 Å². The largest absolute Gasteiger partial charge is 0.0654 e. The molecule has 2 aromatic carbocycles. The molecular weight excluding hydrogens is 360 g/mol. The van der Waals surface area contributed by atoms with Crippen molar-refractivity contribution in [3.63, 3.8) is 0 Å². The van der Waals surface area contributed by atoms with Crippen molar-refractivity contribution in [3.05, 3.63) is 47.5 Å². The number of fused-ring (bicyclic) bond motifs is 1. The third kappa shape index (κ3) is 10.1. The van der Waals surface area contributed by atoms with Crippen molar-refractivity contribution in [1.29, 1.82) is 0 Å². The topological polar surface area (TPSA) is 0 Å². The first kappa shape index (κ1) is 25.0. The molecule has 0 bridgehead atoms. The van der Waals surface area contributed by atoms with Gasteiger partial charge in [0.15, 0.2) is 0 Å². The van der Waals surface area contributed by atoms with E-state index >= 15 is 0 Å². The summed E-state index contributed by atoms with van der Waals surface area (Å²) in [4.78, 5) is 0. The highest BCUT2D eigenvalue weighted by Gasteiger charge is 2.06. The smallest absolute Gasteiger partial charge is 0.0181 e. The number of rotatable bonds is 18. The molecule has 0 radical (unpaired) electrons. The van der Waals surface area contributed by atoms with E-state index in [-0.39, 0.29) is 0 Å². The van der Waals surface area contributed by atoms with E-state index in [1.165, 1.54) is 126 Å². The zero-order valence-corrected chi connectivity index (χ0v) is 20.2. The first-order valence-electron chi connectivity index (χ1n) is 13.4. The normalized spacial score (nSPS) is 11.4. The van der Waals surface area contributed by atoms with Crippen LogP contribution in [0.5, 0.6) is 0 Å². The molecule has 0 unspecified atom stereocenters. The Kier molecular flexibility index (Phi) is 13.6. The fraction of sp³-hybridized carbons (Fsp3) is 0.667. The second-order valence-electron chi connectivity index (χ2n) is 9.42. The SMILES string of the molecule is CCCCCCCCCCc1cc2ccccc2cc1CCCCCCCCCC. The average Bonchev–Trinajstić information content (AvgIpc) is 2.77. The lowest BCUT2D eigenvalue weighted by atomic mass is 9.93. The molecule has 2 rings (SSSR count). The van der Waals surface area contributed by atoms with Crippen molar-refractivity contribution in [3.8, 4) is 0 Å². The van der Waals surface area contributed by atoms with Crippen molar-refractivity contribution in [2.45, 2.75) is 129 Å². The second-order valence-corrected chi connectivity index (χ2v) is 9.42. The number of unbranched alkanes of at least 4 members (excludes halogenated alkanes) is 14. The van der Waals surface area contributed by atoms with Crippen LogP contribution in [0.1, 0.15) is 128 Å². The van der Waals surface area contributed by atoms with Crippen LogP contribution in [0.25, 0.3) is 10.8 Å². The van der Waals surface area contributed by atoms with Gasteiger partial charge in [-0.2, -0.15) is 0 Å². The summed E-state index contributed by atoms with van der Waals surface area (Å²) >= 11 is 0. The highest BCUT2D eigenvalue weighted by Crippen LogP contribution is 2.24. The maximum Gasteiger partial charge on any atom is -0.0181 e. The first-order valence-corrected chi connectivity index (χ1v) is 13.4.